The van der Waals surface area contributed by atoms with Crippen molar-refractivity contribution in [2.45, 2.75) is 18.6 Å². The van der Waals surface area contributed by atoms with E-state index in [1.165, 1.54) is 0 Å². The molecular formula is C19H23N3O2. The van der Waals surface area contributed by atoms with Gasteiger partial charge in [0.05, 0.1) is 0 Å². The zero-order valence-electron chi connectivity index (χ0n) is 14.0. The van der Waals surface area contributed by atoms with Gasteiger partial charge in [0.1, 0.15) is 17.5 Å². The molecule has 24 heavy (non-hydrogen) atoms. The molecule has 2 fully saturated rings. The molecule has 0 bridgehead atoms. The lowest BCUT2D eigenvalue weighted by atomic mass is 10.1. The number of hydrogen-bond acceptors (Lipinski definition) is 3. The predicted octanol–water partition coefficient (Wildman–Crippen LogP) is 2.00. The van der Waals surface area contributed by atoms with Crippen molar-refractivity contribution in [1.29, 1.82) is 0 Å². The molecule has 2 saturated heterocycles. The minimum Gasteiger partial charge on any atom is -0.489 e. The third-order valence-electron chi connectivity index (χ3n) is 5.07. The van der Waals surface area contributed by atoms with Crippen LogP contribution in [0.1, 0.15) is 16.9 Å². The summed E-state index contributed by atoms with van der Waals surface area (Å²) in [6, 6.07) is 14.2. The molecule has 126 valence electrons. The third kappa shape index (κ3) is 2.91. The minimum absolute atomic E-state index is 0.134. The summed E-state index contributed by atoms with van der Waals surface area (Å²) in [5, 5.41) is 0. The highest BCUT2D eigenvalue weighted by Crippen LogP contribution is 2.26. The van der Waals surface area contributed by atoms with E-state index >= 15 is 0 Å². The molecule has 1 aromatic heterocycles. The van der Waals surface area contributed by atoms with Crippen LogP contribution in [0, 0.1) is 0 Å². The number of hydrogen-bond donors (Lipinski definition) is 0. The van der Waals surface area contributed by atoms with Gasteiger partial charge in [-0.15, -0.1) is 0 Å². The van der Waals surface area contributed by atoms with Gasteiger partial charge in [0.25, 0.3) is 5.91 Å². The van der Waals surface area contributed by atoms with Gasteiger partial charge in [-0.25, -0.2) is 0 Å². The summed E-state index contributed by atoms with van der Waals surface area (Å²) < 4.78 is 8.00. The van der Waals surface area contributed by atoms with Crippen molar-refractivity contribution in [1.82, 2.24) is 14.4 Å². The second-order valence-electron chi connectivity index (χ2n) is 6.69. The maximum absolute atomic E-state index is 12.7. The van der Waals surface area contributed by atoms with E-state index in [-0.39, 0.29) is 12.0 Å². The average Bonchev–Trinajstić information content (AvgIpc) is 3.19. The van der Waals surface area contributed by atoms with E-state index in [1.54, 1.807) is 0 Å². The number of benzene rings is 1. The topological polar surface area (TPSA) is 37.7 Å². The van der Waals surface area contributed by atoms with Gasteiger partial charge in [0, 0.05) is 51.9 Å². The van der Waals surface area contributed by atoms with Gasteiger partial charge in [0.2, 0.25) is 0 Å². The molecule has 0 unspecified atom stereocenters. The molecule has 0 spiro atoms. The first-order valence-electron chi connectivity index (χ1n) is 8.57. The molecule has 5 nitrogen and oxygen atoms in total. The van der Waals surface area contributed by atoms with E-state index in [0.29, 0.717) is 6.04 Å². The number of para-hydroxylation sites is 1. The predicted molar refractivity (Wildman–Crippen MR) is 92.2 cm³/mol. The van der Waals surface area contributed by atoms with Gasteiger partial charge in [0.15, 0.2) is 0 Å². The number of nitrogens with zero attached hydrogens (tertiary/aromatic N) is 3. The number of amides is 1. The van der Waals surface area contributed by atoms with E-state index in [0.717, 1.165) is 44.0 Å². The highest BCUT2D eigenvalue weighted by atomic mass is 16.5. The molecule has 0 N–H and O–H groups in total. The van der Waals surface area contributed by atoms with Crippen LogP contribution in [0.4, 0.5) is 0 Å². The van der Waals surface area contributed by atoms with Crippen LogP contribution >= 0.6 is 0 Å². The van der Waals surface area contributed by atoms with E-state index in [1.807, 2.05) is 65.2 Å². The summed E-state index contributed by atoms with van der Waals surface area (Å²) in [6.07, 6.45) is 3.11. The fraction of sp³-hybridized carbons (Fsp3) is 0.421. The highest BCUT2D eigenvalue weighted by molar-refractivity contribution is 5.92. The molecule has 1 amide bonds. The molecule has 2 atom stereocenters. The van der Waals surface area contributed by atoms with E-state index < -0.39 is 0 Å². The van der Waals surface area contributed by atoms with Crippen LogP contribution < -0.4 is 4.74 Å². The molecule has 0 radical (unpaired) electrons. The molecule has 0 aliphatic carbocycles. The summed E-state index contributed by atoms with van der Waals surface area (Å²) in [5.41, 5.74) is 0.763. The lowest BCUT2D eigenvalue weighted by Gasteiger charge is -2.37. The van der Waals surface area contributed by atoms with Crippen molar-refractivity contribution >= 4 is 5.91 Å². The number of carbonyl (C=O) groups excluding carboxylic acids is 1. The molecule has 1 aromatic carbocycles. The summed E-state index contributed by atoms with van der Waals surface area (Å²) in [5.74, 6) is 1.06. The Morgan fingerprint density at radius 1 is 1.08 bits per heavy atom. The Balaban J connectivity index is 1.39. The third-order valence-corrected chi connectivity index (χ3v) is 5.07. The molecule has 2 aliphatic heterocycles. The van der Waals surface area contributed by atoms with Crippen molar-refractivity contribution in [2.75, 3.05) is 26.2 Å². The van der Waals surface area contributed by atoms with Crippen LogP contribution in [0.3, 0.4) is 0 Å². The van der Waals surface area contributed by atoms with Crippen LogP contribution in [0.2, 0.25) is 0 Å². The Morgan fingerprint density at radius 2 is 1.92 bits per heavy atom. The van der Waals surface area contributed by atoms with Crippen LogP contribution in [-0.2, 0) is 7.05 Å². The second-order valence-corrected chi connectivity index (χ2v) is 6.69. The molecule has 0 saturated carbocycles. The van der Waals surface area contributed by atoms with Gasteiger partial charge in [-0.1, -0.05) is 18.2 Å². The molecule has 3 heterocycles. The quantitative estimate of drug-likeness (QED) is 0.866. The molecule has 5 heteroatoms. The Hall–Kier alpha value is -2.27. The van der Waals surface area contributed by atoms with Crippen molar-refractivity contribution in [3.63, 3.8) is 0 Å². The standard InChI is InChI=1S/C19H23N3O2/c1-20-9-5-8-18(20)19(23)22-11-10-21-14-17(12-15(21)13-22)24-16-6-3-2-4-7-16/h2-9,15,17H,10-14H2,1H3/t15-,17-/m1/s1. The van der Waals surface area contributed by atoms with Crippen LogP contribution in [0.15, 0.2) is 48.7 Å². The Labute approximate surface area is 142 Å². The zero-order chi connectivity index (χ0) is 16.5. The van der Waals surface area contributed by atoms with Crippen LogP contribution in [0.5, 0.6) is 5.75 Å². The largest absolute Gasteiger partial charge is 0.489 e. The SMILES string of the molecule is Cn1cccc1C(=O)N1CCN2C[C@H](Oc3ccccc3)C[C@@H]2C1. The second kappa shape index (κ2) is 6.32. The maximum Gasteiger partial charge on any atom is 0.270 e. The van der Waals surface area contributed by atoms with E-state index in [4.69, 9.17) is 4.74 Å². The average molecular weight is 325 g/mol. The fourth-order valence-corrected chi connectivity index (χ4v) is 3.80. The first kappa shape index (κ1) is 15.3. The van der Waals surface area contributed by atoms with Gasteiger partial charge in [-0.3, -0.25) is 9.69 Å². The normalized spacial score (nSPS) is 24.0. The van der Waals surface area contributed by atoms with Gasteiger partial charge in [-0.2, -0.15) is 0 Å². The van der Waals surface area contributed by atoms with E-state index in [9.17, 15) is 4.79 Å². The van der Waals surface area contributed by atoms with Crippen molar-refractivity contribution in [3.05, 3.63) is 54.4 Å². The van der Waals surface area contributed by atoms with Gasteiger partial charge >= 0.3 is 0 Å². The van der Waals surface area contributed by atoms with Gasteiger partial charge in [-0.05, 0) is 24.3 Å². The number of piperazine rings is 1. The minimum atomic E-state index is 0.134. The molecular weight excluding hydrogens is 302 g/mol. The highest BCUT2D eigenvalue weighted by Gasteiger charge is 2.38. The number of carbonyl (C=O) groups is 1. The number of rotatable bonds is 3. The summed E-state index contributed by atoms with van der Waals surface area (Å²) >= 11 is 0. The van der Waals surface area contributed by atoms with Crippen LogP contribution in [0.25, 0.3) is 0 Å². The molecule has 4 rings (SSSR count). The van der Waals surface area contributed by atoms with Crippen molar-refractivity contribution < 1.29 is 9.53 Å². The lowest BCUT2D eigenvalue weighted by Crippen LogP contribution is -2.52. The van der Waals surface area contributed by atoms with Crippen molar-refractivity contribution in [3.8, 4) is 5.75 Å². The number of aromatic nitrogens is 1. The Morgan fingerprint density at radius 3 is 2.67 bits per heavy atom. The number of aryl methyl sites for hydroxylation is 1. The smallest absolute Gasteiger partial charge is 0.270 e. The fourth-order valence-electron chi connectivity index (χ4n) is 3.80. The first-order chi connectivity index (χ1) is 11.7. The summed E-state index contributed by atoms with van der Waals surface area (Å²) in [7, 11) is 1.92. The summed E-state index contributed by atoms with van der Waals surface area (Å²) in [6.45, 7) is 3.46. The zero-order valence-corrected chi connectivity index (χ0v) is 14.0. The number of ether oxygens (including phenoxy) is 1. The molecule has 2 aromatic rings. The Bertz CT molecular complexity index is 712. The molecule has 2 aliphatic rings. The van der Waals surface area contributed by atoms with Crippen LogP contribution in [-0.4, -0.2) is 58.6 Å². The number of fused-ring (bicyclic) bond motifs is 1. The first-order valence-corrected chi connectivity index (χ1v) is 8.57. The Kier molecular flexibility index (Phi) is 4.02. The van der Waals surface area contributed by atoms with Gasteiger partial charge < -0.3 is 14.2 Å². The monoisotopic (exact) mass is 325 g/mol. The summed E-state index contributed by atoms with van der Waals surface area (Å²) in [4.78, 5) is 17.1. The lowest BCUT2D eigenvalue weighted by molar-refractivity contribution is 0.0561. The van der Waals surface area contributed by atoms with Crippen molar-refractivity contribution in [2.24, 2.45) is 7.05 Å². The maximum atomic E-state index is 12.7. The van der Waals surface area contributed by atoms with E-state index in [2.05, 4.69) is 4.90 Å².